The van der Waals surface area contributed by atoms with Gasteiger partial charge in [0.15, 0.2) is 0 Å². The van der Waals surface area contributed by atoms with E-state index >= 15 is 0 Å². The van der Waals surface area contributed by atoms with Gasteiger partial charge in [0.1, 0.15) is 12.3 Å². The minimum absolute atomic E-state index is 0.00484. The first-order chi connectivity index (χ1) is 10.7. The van der Waals surface area contributed by atoms with Crippen LogP contribution < -0.4 is 5.32 Å². The fraction of sp³-hybridized carbons (Fsp3) is 0.200. The highest BCUT2D eigenvalue weighted by molar-refractivity contribution is 5.75. The highest BCUT2D eigenvalue weighted by Crippen LogP contribution is 2.13. The molecule has 112 valence electrons. The second-order valence-electron chi connectivity index (χ2n) is 4.81. The molecule has 1 aromatic carbocycles. The van der Waals surface area contributed by atoms with Gasteiger partial charge in [-0.05, 0) is 24.3 Å². The number of tetrazole rings is 1. The van der Waals surface area contributed by atoms with E-state index in [0.29, 0.717) is 11.6 Å². The number of hydrogen-bond donors (Lipinski definition) is 1. The number of nitrogens with one attached hydrogen (secondary N) is 1. The van der Waals surface area contributed by atoms with Crippen LogP contribution in [0.15, 0.2) is 53.1 Å². The zero-order valence-electron chi connectivity index (χ0n) is 12.0. The zero-order valence-corrected chi connectivity index (χ0v) is 12.0. The van der Waals surface area contributed by atoms with Crippen LogP contribution in [-0.4, -0.2) is 26.1 Å². The van der Waals surface area contributed by atoms with Gasteiger partial charge in [-0.2, -0.15) is 4.80 Å². The van der Waals surface area contributed by atoms with Crippen molar-refractivity contribution in [2.75, 3.05) is 0 Å². The molecule has 3 rings (SSSR count). The average Bonchev–Trinajstić information content (AvgIpc) is 3.19. The van der Waals surface area contributed by atoms with Gasteiger partial charge in [-0.1, -0.05) is 30.3 Å². The minimum Gasteiger partial charge on any atom is -0.467 e. The lowest BCUT2D eigenvalue weighted by Gasteiger charge is -2.10. The maximum Gasteiger partial charge on any atom is 0.244 e. The molecule has 22 heavy (non-hydrogen) atoms. The highest BCUT2D eigenvalue weighted by Gasteiger charge is 2.14. The number of amides is 1. The molecule has 0 aliphatic heterocycles. The number of furan rings is 1. The van der Waals surface area contributed by atoms with E-state index < -0.39 is 0 Å². The summed E-state index contributed by atoms with van der Waals surface area (Å²) in [7, 11) is 0. The van der Waals surface area contributed by atoms with Crippen LogP contribution in [0.5, 0.6) is 0 Å². The van der Waals surface area contributed by atoms with Gasteiger partial charge in [0.05, 0.1) is 12.3 Å². The maximum absolute atomic E-state index is 12.0. The van der Waals surface area contributed by atoms with Crippen molar-refractivity contribution in [1.29, 1.82) is 0 Å². The van der Waals surface area contributed by atoms with E-state index in [1.807, 2.05) is 43.3 Å². The Hall–Kier alpha value is -2.96. The van der Waals surface area contributed by atoms with E-state index in [-0.39, 0.29) is 18.5 Å². The third kappa shape index (κ3) is 3.20. The fourth-order valence-electron chi connectivity index (χ4n) is 2.04. The molecule has 0 fully saturated rings. The van der Waals surface area contributed by atoms with Crippen LogP contribution in [0.3, 0.4) is 0 Å². The van der Waals surface area contributed by atoms with Crippen LogP contribution in [0, 0.1) is 0 Å². The van der Waals surface area contributed by atoms with Crippen LogP contribution in [-0.2, 0) is 11.3 Å². The topological polar surface area (TPSA) is 85.8 Å². The van der Waals surface area contributed by atoms with E-state index in [9.17, 15) is 4.79 Å². The van der Waals surface area contributed by atoms with Crippen molar-refractivity contribution in [2.24, 2.45) is 0 Å². The zero-order chi connectivity index (χ0) is 15.4. The molecular weight excluding hydrogens is 282 g/mol. The Morgan fingerprint density at radius 1 is 1.27 bits per heavy atom. The van der Waals surface area contributed by atoms with Crippen molar-refractivity contribution < 1.29 is 9.21 Å². The van der Waals surface area contributed by atoms with Crippen LogP contribution in [0.2, 0.25) is 0 Å². The van der Waals surface area contributed by atoms with Crippen molar-refractivity contribution in [3.63, 3.8) is 0 Å². The van der Waals surface area contributed by atoms with Crippen LogP contribution >= 0.6 is 0 Å². The number of hydrogen-bond acceptors (Lipinski definition) is 5. The van der Waals surface area contributed by atoms with Crippen molar-refractivity contribution in [3.05, 3.63) is 54.5 Å². The highest BCUT2D eigenvalue weighted by atomic mass is 16.3. The lowest BCUT2D eigenvalue weighted by molar-refractivity contribution is -0.122. The number of benzene rings is 1. The van der Waals surface area contributed by atoms with Gasteiger partial charge in [0.2, 0.25) is 11.7 Å². The summed E-state index contributed by atoms with van der Waals surface area (Å²) < 4.78 is 5.24. The number of carbonyl (C=O) groups is 1. The lowest BCUT2D eigenvalue weighted by atomic mass is 10.2. The van der Waals surface area contributed by atoms with Gasteiger partial charge < -0.3 is 9.73 Å². The first-order valence-electron chi connectivity index (χ1n) is 6.88. The number of carbonyl (C=O) groups excluding carboxylic acids is 1. The molecule has 0 aliphatic carbocycles. The fourth-order valence-corrected chi connectivity index (χ4v) is 2.04. The lowest BCUT2D eigenvalue weighted by Crippen LogP contribution is -2.30. The molecule has 0 bridgehead atoms. The number of aromatic nitrogens is 4. The predicted molar refractivity (Wildman–Crippen MR) is 78.5 cm³/mol. The molecule has 1 atom stereocenters. The molecule has 0 spiro atoms. The maximum atomic E-state index is 12.0. The minimum atomic E-state index is -0.209. The Labute approximate surface area is 126 Å². The summed E-state index contributed by atoms with van der Waals surface area (Å²) in [6.07, 6.45) is 1.57. The summed E-state index contributed by atoms with van der Waals surface area (Å²) in [5, 5.41) is 14.9. The largest absolute Gasteiger partial charge is 0.467 e. The molecule has 7 nitrogen and oxygen atoms in total. The third-order valence-corrected chi connectivity index (χ3v) is 3.12. The third-order valence-electron chi connectivity index (χ3n) is 3.12. The van der Waals surface area contributed by atoms with Gasteiger partial charge in [0.25, 0.3) is 0 Å². The Morgan fingerprint density at radius 2 is 2.09 bits per heavy atom. The van der Waals surface area contributed by atoms with Gasteiger partial charge >= 0.3 is 0 Å². The second-order valence-corrected chi connectivity index (χ2v) is 4.81. The smallest absolute Gasteiger partial charge is 0.244 e. The van der Waals surface area contributed by atoms with Crippen LogP contribution in [0.1, 0.15) is 18.7 Å². The summed E-state index contributed by atoms with van der Waals surface area (Å²) in [5.74, 6) is 0.985. The molecule has 0 unspecified atom stereocenters. The molecule has 0 saturated carbocycles. The molecule has 1 N–H and O–H groups in total. The molecule has 1 amide bonds. The summed E-state index contributed by atoms with van der Waals surface area (Å²) in [6.45, 7) is 1.85. The Morgan fingerprint density at radius 3 is 2.82 bits per heavy atom. The standard InChI is InChI=1S/C15H15N5O2/c1-11(13-8-5-9-22-13)16-14(21)10-20-18-15(17-19-20)12-6-3-2-4-7-12/h2-9,11H,10H2,1H3,(H,16,21)/t11-/m1/s1. The quantitative estimate of drug-likeness (QED) is 0.776. The molecule has 0 saturated heterocycles. The molecule has 0 aliphatic rings. The van der Waals surface area contributed by atoms with Gasteiger partial charge in [0, 0.05) is 5.56 Å². The van der Waals surface area contributed by atoms with E-state index in [4.69, 9.17) is 4.42 Å². The first kappa shape index (κ1) is 14.0. The van der Waals surface area contributed by atoms with Crippen LogP contribution in [0.4, 0.5) is 0 Å². The normalized spacial score (nSPS) is 12.0. The van der Waals surface area contributed by atoms with E-state index in [2.05, 4.69) is 20.7 Å². The first-order valence-corrected chi connectivity index (χ1v) is 6.88. The summed E-state index contributed by atoms with van der Waals surface area (Å²) in [4.78, 5) is 13.3. The van der Waals surface area contributed by atoms with E-state index in [0.717, 1.165) is 5.56 Å². The van der Waals surface area contributed by atoms with Gasteiger partial charge in [-0.25, -0.2) is 0 Å². The van der Waals surface area contributed by atoms with Crippen molar-refractivity contribution >= 4 is 5.91 Å². The predicted octanol–water partition coefficient (Wildman–Crippen LogP) is 1.81. The Kier molecular flexibility index (Phi) is 3.95. The molecule has 2 aromatic heterocycles. The Bertz CT molecular complexity index is 736. The summed E-state index contributed by atoms with van der Waals surface area (Å²) in [5.41, 5.74) is 0.859. The van der Waals surface area contributed by atoms with Crippen LogP contribution in [0.25, 0.3) is 11.4 Å². The van der Waals surface area contributed by atoms with E-state index in [1.165, 1.54) is 4.80 Å². The number of rotatable bonds is 5. The van der Waals surface area contributed by atoms with Crippen molar-refractivity contribution in [3.8, 4) is 11.4 Å². The second kappa shape index (κ2) is 6.21. The number of nitrogens with zero attached hydrogens (tertiary/aromatic N) is 4. The van der Waals surface area contributed by atoms with Gasteiger partial charge in [-0.3, -0.25) is 4.79 Å². The monoisotopic (exact) mass is 297 g/mol. The molecule has 3 aromatic rings. The summed E-state index contributed by atoms with van der Waals surface area (Å²) in [6, 6.07) is 12.9. The molecule has 7 heteroatoms. The summed E-state index contributed by atoms with van der Waals surface area (Å²) >= 11 is 0. The van der Waals surface area contributed by atoms with Crippen molar-refractivity contribution in [1.82, 2.24) is 25.5 Å². The van der Waals surface area contributed by atoms with Crippen molar-refractivity contribution in [2.45, 2.75) is 19.5 Å². The molecule has 0 radical (unpaired) electrons. The average molecular weight is 297 g/mol. The molecule has 2 heterocycles. The van der Waals surface area contributed by atoms with Gasteiger partial charge in [-0.15, -0.1) is 10.2 Å². The van der Waals surface area contributed by atoms with E-state index in [1.54, 1.807) is 12.3 Å². The Balaban J connectivity index is 1.62. The SMILES string of the molecule is C[C@@H](NC(=O)Cn1nnc(-c2ccccc2)n1)c1ccco1. The molecular formula is C15H15N5O2.